The molecule has 1 fully saturated rings. The summed E-state index contributed by atoms with van der Waals surface area (Å²) in [5, 5.41) is 11.6. The van der Waals surface area contributed by atoms with Crippen molar-refractivity contribution >= 4 is 17.7 Å². The summed E-state index contributed by atoms with van der Waals surface area (Å²) in [5.41, 5.74) is 0.134. The second-order valence-electron chi connectivity index (χ2n) is 4.41. The van der Waals surface area contributed by atoms with E-state index in [0.717, 1.165) is 12.8 Å². The highest BCUT2D eigenvalue weighted by Gasteiger charge is 2.23. The van der Waals surface area contributed by atoms with E-state index >= 15 is 0 Å². The molecule has 96 valence electrons. The molecule has 6 nitrogen and oxygen atoms in total. The van der Waals surface area contributed by atoms with E-state index in [1.807, 2.05) is 0 Å². The fourth-order valence-corrected chi connectivity index (χ4v) is 1.54. The lowest BCUT2D eigenvalue weighted by atomic mass is 10.3. The SMILES string of the molecule is CN(CC(=O)NC1CC1)c1ccc(C(=O)O)cn1. The van der Waals surface area contributed by atoms with E-state index in [1.54, 1.807) is 18.0 Å². The number of hydrogen-bond donors (Lipinski definition) is 2. The number of pyridine rings is 1. The first-order valence-corrected chi connectivity index (χ1v) is 5.76. The summed E-state index contributed by atoms with van der Waals surface area (Å²) < 4.78 is 0. The molecular weight excluding hydrogens is 234 g/mol. The quantitative estimate of drug-likeness (QED) is 0.793. The van der Waals surface area contributed by atoms with Gasteiger partial charge < -0.3 is 15.3 Å². The molecule has 1 amide bonds. The Bertz CT molecular complexity index is 454. The van der Waals surface area contributed by atoms with Gasteiger partial charge in [0.15, 0.2) is 0 Å². The molecule has 6 heteroatoms. The van der Waals surface area contributed by atoms with E-state index < -0.39 is 5.97 Å². The maximum absolute atomic E-state index is 11.6. The molecule has 2 N–H and O–H groups in total. The summed E-state index contributed by atoms with van der Waals surface area (Å²) in [6, 6.07) is 3.40. The second kappa shape index (κ2) is 5.03. The number of carboxylic acid groups (broad SMARTS) is 1. The molecule has 1 saturated carbocycles. The normalized spacial score (nSPS) is 14.1. The number of carbonyl (C=O) groups is 2. The number of carboxylic acids is 1. The first kappa shape index (κ1) is 12.3. The van der Waals surface area contributed by atoms with Crippen molar-refractivity contribution in [1.29, 1.82) is 0 Å². The number of nitrogens with one attached hydrogen (secondary N) is 1. The maximum atomic E-state index is 11.6. The predicted molar refractivity (Wildman–Crippen MR) is 65.6 cm³/mol. The molecular formula is C12H15N3O3. The van der Waals surface area contributed by atoms with E-state index in [2.05, 4.69) is 10.3 Å². The van der Waals surface area contributed by atoms with Crippen LogP contribution in [0.1, 0.15) is 23.2 Å². The monoisotopic (exact) mass is 249 g/mol. The van der Waals surface area contributed by atoms with Gasteiger partial charge in [0.2, 0.25) is 5.91 Å². The third-order valence-corrected chi connectivity index (χ3v) is 2.71. The van der Waals surface area contributed by atoms with Crippen LogP contribution < -0.4 is 10.2 Å². The molecule has 1 aromatic heterocycles. The zero-order chi connectivity index (χ0) is 13.1. The first-order chi connectivity index (χ1) is 8.56. The van der Waals surface area contributed by atoms with Gasteiger partial charge in [-0.1, -0.05) is 0 Å². The van der Waals surface area contributed by atoms with Crippen LogP contribution in [-0.4, -0.2) is 41.6 Å². The van der Waals surface area contributed by atoms with Crippen molar-refractivity contribution in [2.24, 2.45) is 0 Å². The lowest BCUT2D eigenvalue weighted by molar-refractivity contribution is -0.119. The topological polar surface area (TPSA) is 82.5 Å². The van der Waals surface area contributed by atoms with Gasteiger partial charge in [0.05, 0.1) is 12.1 Å². The van der Waals surface area contributed by atoms with Crippen molar-refractivity contribution in [2.45, 2.75) is 18.9 Å². The van der Waals surface area contributed by atoms with Crippen LogP contribution in [0.3, 0.4) is 0 Å². The number of aromatic nitrogens is 1. The third kappa shape index (κ3) is 3.19. The van der Waals surface area contributed by atoms with Crippen molar-refractivity contribution in [3.8, 4) is 0 Å². The number of anilines is 1. The number of likely N-dealkylation sites (N-methyl/N-ethyl adjacent to an activating group) is 1. The molecule has 0 radical (unpaired) electrons. The Balaban J connectivity index is 1.92. The molecule has 2 rings (SSSR count). The van der Waals surface area contributed by atoms with Gasteiger partial charge in [-0.05, 0) is 25.0 Å². The third-order valence-electron chi connectivity index (χ3n) is 2.71. The van der Waals surface area contributed by atoms with Crippen LogP contribution in [0.25, 0.3) is 0 Å². The largest absolute Gasteiger partial charge is 0.478 e. The van der Waals surface area contributed by atoms with Crippen LogP contribution in [0.4, 0.5) is 5.82 Å². The Morgan fingerprint density at radius 3 is 2.72 bits per heavy atom. The molecule has 0 atom stereocenters. The van der Waals surface area contributed by atoms with E-state index in [0.29, 0.717) is 11.9 Å². The van der Waals surface area contributed by atoms with Gasteiger partial charge in [0.25, 0.3) is 0 Å². The van der Waals surface area contributed by atoms with E-state index in [4.69, 9.17) is 5.11 Å². The molecule has 18 heavy (non-hydrogen) atoms. The number of hydrogen-bond acceptors (Lipinski definition) is 4. The molecule has 1 aromatic rings. The minimum absolute atomic E-state index is 0.0379. The Morgan fingerprint density at radius 2 is 2.22 bits per heavy atom. The standard InChI is InChI=1S/C12H15N3O3/c1-15(7-11(16)14-9-3-4-9)10-5-2-8(6-13-10)12(17)18/h2,5-6,9H,3-4,7H2,1H3,(H,14,16)(H,17,18). The van der Waals surface area contributed by atoms with Crippen molar-refractivity contribution in [1.82, 2.24) is 10.3 Å². The van der Waals surface area contributed by atoms with E-state index in [9.17, 15) is 9.59 Å². The molecule has 0 aromatic carbocycles. The van der Waals surface area contributed by atoms with Gasteiger partial charge in [0, 0.05) is 19.3 Å². The highest BCUT2D eigenvalue weighted by atomic mass is 16.4. The van der Waals surface area contributed by atoms with Crippen molar-refractivity contribution in [3.05, 3.63) is 23.9 Å². The summed E-state index contributed by atoms with van der Waals surface area (Å²) in [4.78, 5) is 27.9. The molecule has 0 spiro atoms. The summed E-state index contributed by atoms with van der Waals surface area (Å²) in [6.07, 6.45) is 3.40. The zero-order valence-electron chi connectivity index (χ0n) is 10.1. The summed E-state index contributed by atoms with van der Waals surface area (Å²) >= 11 is 0. The smallest absolute Gasteiger partial charge is 0.337 e. The van der Waals surface area contributed by atoms with Gasteiger partial charge in [-0.2, -0.15) is 0 Å². The molecule has 0 unspecified atom stereocenters. The van der Waals surface area contributed by atoms with Gasteiger partial charge in [-0.25, -0.2) is 9.78 Å². The second-order valence-corrected chi connectivity index (χ2v) is 4.41. The zero-order valence-corrected chi connectivity index (χ0v) is 10.1. The number of amides is 1. The highest BCUT2D eigenvalue weighted by molar-refractivity contribution is 5.87. The van der Waals surface area contributed by atoms with Crippen molar-refractivity contribution in [2.75, 3.05) is 18.5 Å². The fourth-order valence-electron chi connectivity index (χ4n) is 1.54. The van der Waals surface area contributed by atoms with Gasteiger partial charge in [-0.3, -0.25) is 4.79 Å². The van der Waals surface area contributed by atoms with Crippen LogP contribution in [-0.2, 0) is 4.79 Å². The minimum atomic E-state index is -1.01. The molecule has 0 aliphatic heterocycles. The average molecular weight is 249 g/mol. The molecule has 1 aliphatic rings. The van der Waals surface area contributed by atoms with Crippen LogP contribution in [0.5, 0.6) is 0 Å². The summed E-state index contributed by atoms with van der Waals surface area (Å²) in [6.45, 7) is 0.218. The number of aromatic carboxylic acids is 1. The lowest BCUT2D eigenvalue weighted by Gasteiger charge is -2.17. The van der Waals surface area contributed by atoms with Gasteiger partial charge in [-0.15, -0.1) is 0 Å². The number of rotatable bonds is 5. The number of nitrogens with zero attached hydrogens (tertiary/aromatic N) is 2. The van der Waals surface area contributed by atoms with Crippen LogP contribution >= 0.6 is 0 Å². The van der Waals surface area contributed by atoms with Gasteiger partial charge >= 0.3 is 5.97 Å². The minimum Gasteiger partial charge on any atom is -0.478 e. The van der Waals surface area contributed by atoms with Crippen molar-refractivity contribution < 1.29 is 14.7 Å². The Kier molecular flexibility index (Phi) is 3.45. The fraction of sp³-hybridized carbons (Fsp3) is 0.417. The highest BCUT2D eigenvalue weighted by Crippen LogP contribution is 2.18. The predicted octanol–water partition coefficient (Wildman–Crippen LogP) is 0.495. The molecule has 1 heterocycles. The van der Waals surface area contributed by atoms with Crippen molar-refractivity contribution in [3.63, 3.8) is 0 Å². The lowest BCUT2D eigenvalue weighted by Crippen LogP contribution is -2.36. The molecule has 0 bridgehead atoms. The van der Waals surface area contributed by atoms with Crippen LogP contribution in [0.2, 0.25) is 0 Å². The van der Waals surface area contributed by atoms with Crippen LogP contribution in [0, 0.1) is 0 Å². The van der Waals surface area contributed by atoms with Gasteiger partial charge in [0.1, 0.15) is 5.82 Å². The Labute approximate surface area is 105 Å². The molecule has 0 saturated heterocycles. The maximum Gasteiger partial charge on any atom is 0.337 e. The average Bonchev–Trinajstić information content (AvgIpc) is 3.12. The summed E-state index contributed by atoms with van der Waals surface area (Å²) in [7, 11) is 1.75. The number of carbonyl (C=O) groups excluding carboxylic acids is 1. The summed E-state index contributed by atoms with van der Waals surface area (Å²) in [5.74, 6) is -0.474. The van der Waals surface area contributed by atoms with Crippen LogP contribution in [0.15, 0.2) is 18.3 Å². The molecule has 1 aliphatic carbocycles. The van der Waals surface area contributed by atoms with E-state index in [1.165, 1.54) is 12.3 Å². The first-order valence-electron chi connectivity index (χ1n) is 5.76. The van der Waals surface area contributed by atoms with E-state index in [-0.39, 0.29) is 18.0 Å². The Hall–Kier alpha value is -2.11. The Morgan fingerprint density at radius 1 is 1.50 bits per heavy atom.